The van der Waals surface area contributed by atoms with Gasteiger partial charge in [0.15, 0.2) is 0 Å². The number of rotatable bonds is 6. The summed E-state index contributed by atoms with van der Waals surface area (Å²) in [5, 5.41) is 8.45. The van der Waals surface area contributed by atoms with Gasteiger partial charge in [-0.1, -0.05) is 12.5 Å². The molecule has 0 radical (unpaired) electrons. The van der Waals surface area contributed by atoms with Crippen LogP contribution in [0, 0.1) is 5.82 Å². The minimum Gasteiger partial charge on any atom is -0.481 e. The van der Waals surface area contributed by atoms with Gasteiger partial charge in [-0.15, -0.1) is 0 Å². The van der Waals surface area contributed by atoms with Crippen LogP contribution in [0.25, 0.3) is 0 Å². The zero-order chi connectivity index (χ0) is 12.0. The van der Waals surface area contributed by atoms with E-state index >= 15 is 0 Å². The van der Waals surface area contributed by atoms with Gasteiger partial charge in [0.25, 0.3) is 0 Å². The highest BCUT2D eigenvalue weighted by Crippen LogP contribution is 2.18. The number of hydrogen-bond acceptors (Lipinski definition) is 1. The number of aryl methyl sites for hydroxylation is 1. The zero-order valence-corrected chi connectivity index (χ0v) is 10.5. The van der Waals surface area contributed by atoms with E-state index in [0.29, 0.717) is 10.9 Å². The highest BCUT2D eigenvalue weighted by Gasteiger charge is 2.01. The number of hydrogen-bond donors (Lipinski definition) is 1. The summed E-state index contributed by atoms with van der Waals surface area (Å²) < 4.78 is 13.4. The Morgan fingerprint density at radius 3 is 2.69 bits per heavy atom. The third-order valence-corrected chi connectivity index (χ3v) is 2.95. The molecule has 16 heavy (non-hydrogen) atoms. The highest BCUT2D eigenvalue weighted by atomic mass is 79.9. The molecule has 1 aromatic carbocycles. The number of carbonyl (C=O) groups is 1. The van der Waals surface area contributed by atoms with Crippen molar-refractivity contribution in [3.63, 3.8) is 0 Å². The van der Waals surface area contributed by atoms with Gasteiger partial charge in [-0.25, -0.2) is 4.39 Å². The molecule has 4 heteroatoms. The molecular formula is C12H14BrFO2. The molecule has 1 N–H and O–H groups in total. The number of benzene rings is 1. The van der Waals surface area contributed by atoms with E-state index in [-0.39, 0.29) is 12.2 Å². The Bertz CT molecular complexity index is 366. The van der Waals surface area contributed by atoms with Crippen LogP contribution in [0.2, 0.25) is 0 Å². The van der Waals surface area contributed by atoms with E-state index < -0.39 is 5.97 Å². The maximum atomic E-state index is 12.9. The molecule has 0 amide bonds. The van der Waals surface area contributed by atoms with E-state index in [9.17, 15) is 9.18 Å². The van der Waals surface area contributed by atoms with Crippen LogP contribution in [0.1, 0.15) is 31.2 Å². The predicted octanol–water partition coefficient (Wildman–Crippen LogP) is 3.78. The van der Waals surface area contributed by atoms with Crippen LogP contribution in [0.4, 0.5) is 4.39 Å². The third-order valence-electron chi connectivity index (χ3n) is 2.34. The first-order chi connectivity index (χ1) is 7.59. The van der Waals surface area contributed by atoms with E-state index in [0.717, 1.165) is 24.8 Å². The third kappa shape index (κ3) is 4.75. The molecule has 0 spiro atoms. The number of unbranched alkanes of at least 4 members (excludes halogenated alkanes) is 2. The van der Waals surface area contributed by atoms with E-state index in [4.69, 9.17) is 5.11 Å². The largest absolute Gasteiger partial charge is 0.481 e. The summed E-state index contributed by atoms with van der Waals surface area (Å²) in [5.74, 6) is -1.00. The molecule has 1 aromatic rings. The second-order valence-electron chi connectivity index (χ2n) is 3.70. The minimum absolute atomic E-state index is 0.229. The van der Waals surface area contributed by atoms with Crippen molar-refractivity contribution in [3.8, 4) is 0 Å². The van der Waals surface area contributed by atoms with Crippen LogP contribution in [-0.2, 0) is 11.2 Å². The second kappa shape index (κ2) is 6.63. The second-order valence-corrected chi connectivity index (χ2v) is 4.56. The van der Waals surface area contributed by atoms with Crippen LogP contribution in [0.15, 0.2) is 22.7 Å². The predicted molar refractivity (Wildman–Crippen MR) is 63.9 cm³/mol. The lowest BCUT2D eigenvalue weighted by atomic mass is 10.1. The number of halogens is 2. The van der Waals surface area contributed by atoms with Gasteiger partial charge in [-0.2, -0.15) is 0 Å². The Morgan fingerprint density at radius 2 is 2.06 bits per heavy atom. The highest BCUT2D eigenvalue weighted by molar-refractivity contribution is 9.10. The Labute approximate surface area is 103 Å². The fourth-order valence-electron chi connectivity index (χ4n) is 1.48. The molecule has 0 heterocycles. The lowest BCUT2D eigenvalue weighted by Crippen LogP contribution is -1.94. The SMILES string of the molecule is O=C(O)CCCCCc1ccc(F)c(Br)c1. The van der Waals surface area contributed by atoms with Crippen LogP contribution in [0.3, 0.4) is 0 Å². The van der Waals surface area contributed by atoms with Crippen molar-refractivity contribution in [2.24, 2.45) is 0 Å². The van der Waals surface area contributed by atoms with Crippen molar-refractivity contribution >= 4 is 21.9 Å². The first-order valence-corrected chi connectivity index (χ1v) is 6.04. The first-order valence-electron chi connectivity index (χ1n) is 5.25. The van der Waals surface area contributed by atoms with Crippen molar-refractivity contribution in [2.45, 2.75) is 32.1 Å². The molecule has 0 atom stereocenters. The molecule has 0 aliphatic rings. The van der Waals surface area contributed by atoms with Crippen LogP contribution in [0.5, 0.6) is 0 Å². The molecule has 1 rings (SSSR count). The quantitative estimate of drug-likeness (QED) is 0.809. The molecule has 88 valence electrons. The molecule has 0 unspecified atom stereocenters. The Kier molecular flexibility index (Phi) is 5.46. The normalized spacial score (nSPS) is 10.4. The van der Waals surface area contributed by atoms with Crippen molar-refractivity contribution in [2.75, 3.05) is 0 Å². The summed E-state index contributed by atoms with van der Waals surface area (Å²) in [4.78, 5) is 10.3. The standard InChI is InChI=1S/C12H14BrFO2/c13-10-8-9(6-7-11(10)14)4-2-1-3-5-12(15)16/h6-8H,1-5H2,(H,15,16). The molecule has 0 fully saturated rings. The molecule has 2 nitrogen and oxygen atoms in total. The lowest BCUT2D eigenvalue weighted by Gasteiger charge is -2.02. The average Bonchev–Trinajstić information content (AvgIpc) is 2.22. The Balaban J connectivity index is 2.27. The fourth-order valence-corrected chi connectivity index (χ4v) is 1.90. The van der Waals surface area contributed by atoms with E-state index in [1.807, 2.05) is 0 Å². The number of carboxylic acid groups (broad SMARTS) is 1. The van der Waals surface area contributed by atoms with Gasteiger partial charge in [0.2, 0.25) is 0 Å². The van der Waals surface area contributed by atoms with E-state index in [1.165, 1.54) is 6.07 Å². The Hall–Kier alpha value is -0.900. The van der Waals surface area contributed by atoms with Gasteiger partial charge in [0, 0.05) is 6.42 Å². The summed E-state index contributed by atoms with van der Waals surface area (Å²) in [6, 6.07) is 4.97. The maximum Gasteiger partial charge on any atom is 0.303 e. The van der Waals surface area contributed by atoms with Gasteiger partial charge in [-0.05, 0) is 52.9 Å². The minimum atomic E-state index is -0.746. The number of carboxylic acids is 1. The van der Waals surface area contributed by atoms with Gasteiger partial charge in [0.05, 0.1) is 4.47 Å². The van der Waals surface area contributed by atoms with Gasteiger partial charge >= 0.3 is 5.97 Å². The average molecular weight is 289 g/mol. The summed E-state index contributed by atoms with van der Waals surface area (Å²) in [7, 11) is 0. The van der Waals surface area contributed by atoms with E-state index in [1.54, 1.807) is 12.1 Å². The van der Waals surface area contributed by atoms with Crippen LogP contribution < -0.4 is 0 Å². The summed E-state index contributed by atoms with van der Waals surface area (Å²) >= 11 is 3.14. The molecule has 0 aliphatic carbocycles. The zero-order valence-electron chi connectivity index (χ0n) is 8.88. The molecular weight excluding hydrogens is 275 g/mol. The molecule has 0 aliphatic heterocycles. The summed E-state index contributed by atoms with van der Waals surface area (Å²) in [6.45, 7) is 0. The first kappa shape index (κ1) is 13.2. The van der Waals surface area contributed by atoms with Crippen molar-refractivity contribution in [1.82, 2.24) is 0 Å². The maximum absolute atomic E-state index is 12.9. The van der Waals surface area contributed by atoms with Crippen molar-refractivity contribution in [1.29, 1.82) is 0 Å². The van der Waals surface area contributed by atoms with Gasteiger partial charge in [-0.3, -0.25) is 4.79 Å². The number of aliphatic carboxylic acids is 1. The molecule has 0 saturated carbocycles. The molecule has 0 aromatic heterocycles. The summed E-state index contributed by atoms with van der Waals surface area (Å²) in [5.41, 5.74) is 1.07. The van der Waals surface area contributed by atoms with Crippen LogP contribution >= 0.6 is 15.9 Å². The van der Waals surface area contributed by atoms with Gasteiger partial charge in [0.1, 0.15) is 5.82 Å². The van der Waals surface area contributed by atoms with Crippen LogP contribution in [-0.4, -0.2) is 11.1 Å². The Morgan fingerprint density at radius 1 is 1.31 bits per heavy atom. The summed E-state index contributed by atoms with van der Waals surface area (Å²) in [6.07, 6.45) is 3.62. The monoisotopic (exact) mass is 288 g/mol. The van der Waals surface area contributed by atoms with Crippen molar-refractivity contribution < 1.29 is 14.3 Å². The van der Waals surface area contributed by atoms with E-state index in [2.05, 4.69) is 15.9 Å². The molecule has 0 saturated heterocycles. The van der Waals surface area contributed by atoms with Gasteiger partial charge < -0.3 is 5.11 Å². The lowest BCUT2D eigenvalue weighted by molar-refractivity contribution is -0.137. The van der Waals surface area contributed by atoms with Crippen molar-refractivity contribution in [3.05, 3.63) is 34.1 Å². The topological polar surface area (TPSA) is 37.3 Å². The smallest absolute Gasteiger partial charge is 0.303 e. The molecule has 0 bridgehead atoms. The fraction of sp³-hybridized carbons (Fsp3) is 0.417.